The van der Waals surface area contributed by atoms with Crippen LogP contribution in [0.15, 0.2) is 69.9 Å². The zero-order valence-corrected chi connectivity index (χ0v) is 14.8. The van der Waals surface area contributed by atoms with Gasteiger partial charge in [0.25, 0.3) is 0 Å². The summed E-state index contributed by atoms with van der Waals surface area (Å²) in [6, 6.07) is 17.3. The molecule has 4 rings (SSSR count). The molecule has 1 aliphatic carbocycles. The van der Waals surface area contributed by atoms with Crippen molar-refractivity contribution in [3.8, 4) is 28.2 Å². The van der Waals surface area contributed by atoms with E-state index in [1.807, 2.05) is 24.3 Å². The predicted octanol–water partition coefficient (Wildman–Crippen LogP) is 4.36. The zero-order chi connectivity index (χ0) is 19.0. The van der Waals surface area contributed by atoms with Crippen molar-refractivity contribution in [2.75, 3.05) is 14.2 Å². The summed E-state index contributed by atoms with van der Waals surface area (Å²) in [6.07, 6.45) is 0. The molecule has 0 N–H and O–H groups in total. The Balaban J connectivity index is 2.16. The van der Waals surface area contributed by atoms with Crippen molar-refractivity contribution < 1.29 is 18.7 Å². The lowest BCUT2D eigenvalue weighted by atomic mass is 9.91. The maximum atomic E-state index is 12.3. The zero-order valence-electron chi connectivity index (χ0n) is 14.8. The minimum atomic E-state index is -0.429. The molecule has 0 bridgehead atoms. The van der Waals surface area contributed by atoms with Gasteiger partial charge >= 0.3 is 5.97 Å². The second-order valence-electron chi connectivity index (χ2n) is 6.03. The number of carbonyl (C=O) groups is 1. The summed E-state index contributed by atoms with van der Waals surface area (Å²) < 4.78 is 16.2. The van der Waals surface area contributed by atoms with E-state index < -0.39 is 5.97 Å². The summed E-state index contributed by atoms with van der Waals surface area (Å²) in [5.41, 5.74) is 3.09. The van der Waals surface area contributed by atoms with E-state index in [1.165, 1.54) is 19.2 Å². The molecule has 0 spiro atoms. The van der Waals surface area contributed by atoms with Crippen molar-refractivity contribution in [3.05, 3.63) is 76.5 Å². The van der Waals surface area contributed by atoms with E-state index in [0.717, 1.165) is 16.5 Å². The molecule has 134 valence electrons. The van der Waals surface area contributed by atoms with Crippen molar-refractivity contribution in [2.45, 2.75) is 0 Å². The van der Waals surface area contributed by atoms with Crippen LogP contribution in [0.5, 0.6) is 5.75 Å². The Hall–Kier alpha value is -3.60. The van der Waals surface area contributed by atoms with Crippen LogP contribution in [0.2, 0.25) is 0 Å². The van der Waals surface area contributed by atoms with Gasteiger partial charge in [-0.25, -0.2) is 4.79 Å². The number of carbonyl (C=O) groups excluding carboxylic acids is 1. The quantitative estimate of drug-likeness (QED) is 0.401. The third kappa shape index (κ3) is 2.83. The Morgan fingerprint density at radius 3 is 2.52 bits per heavy atom. The lowest BCUT2D eigenvalue weighted by Gasteiger charge is -2.17. The largest absolute Gasteiger partial charge is 0.497 e. The highest BCUT2D eigenvalue weighted by Crippen LogP contribution is 2.41. The minimum absolute atomic E-state index is 0.152. The molecule has 2 aromatic carbocycles. The standard InChI is InChI=1S/C22H16O5/c1-25-14-8-10-18-20(12-14)27-19-11-13(23)7-9-17(19)21(18)15-5-3-4-6-16(15)22(24)26-2/h3-12H,1-2H3. The summed E-state index contributed by atoms with van der Waals surface area (Å²) in [4.78, 5) is 24.2. The number of methoxy groups -OCH3 is 2. The molecular weight excluding hydrogens is 344 g/mol. The van der Waals surface area contributed by atoms with Crippen LogP contribution in [0, 0.1) is 0 Å². The minimum Gasteiger partial charge on any atom is -0.497 e. The highest BCUT2D eigenvalue weighted by atomic mass is 16.5. The van der Waals surface area contributed by atoms with Gasteiger partial charge < -0.3 is 13.9 Å². The molecule has 1 aliphatic heterocycles. The first-order chi connectivity index (χ1) is 13.1. The van der Waals surface area contributed by atoms with Crippen molar-refractivity contribution in [2.24, 2.45) is 0 Å². The van der Waals surface area contributed by atoms with Crippen LogP contribution in [0.1, 0.15) is 10.4 Å². The van der Waals surface area contributed by atoms with Gasteiger partial charge in [-0.15, -0.1) is 0 Å². The molecule has 0 saturated heterocycles. The fourth-order valence-corrected chi connectivity index (χ4v) is 3.26. The average Bonchev–Trinajstić information content (AvgIpc) is 2.70. The smallest absolute Gasteiger partial charge is 0.338 e. The first-order valence-corrected chi connectivity index (χ1v) is 8.34. The van der Waals surface area contributed by atoms with Gasteiger partial charge in [0, 0.05) is 28.6 Å². The summed E-state index contributed by atoms with van der Waals surface area (Å²) in [6.45, 7) is 0. The highest BCUT2D eigenvalue weighted by molar-refractivity contribution is 6.07. The van der Waals surface area contributed by atoms with Crippen LogP contribution in [0.3, 0.4) is 0 Å². The van der Waals surface area contributed by atoms with Crippen LogP contribution in [-0.2, 0) is 4.74 Å². The molecule has 5 nitrogen and oxygen atoms in total. The van der Waals surface area contributed by atoms with Crippen molar-refractivity contribution >= 4 is 16.9 Å². The number of benzene rings is 3. The molecule has 0 aromatic heterocycles. The van der Waals surface area contributed by atoms with Gasteiger partial charge in [-0.05, 0) is 35.9 Å². The van der Waals surface area contributed by atoms with Crippen LogP contribution < -0.4 is 10.2 Å². The first-order valence-electron chi connectivity index (χ1n) is 8.34. The monoisotopic (exact) mass is 360 g/mol. The van der Waals surface area contributed by atoms with E-state index >= 15 is 0 Å². The fraction of sp³-hybridized carbons (Fsp3) is 0.0909. The maximum absolute atomic E-state index is 12.3. The van der Waals surface area contributed by atoms with Crippen LogP contribution in [0.4, 0.5) is 0 Å². The van der Waals surface area contributed by atoms with E-state index in [-0.39, 0.29) is 5.43 Å². The Morgan fingerprint density at radius 2 is 1.74 bits per heavy atom. The molecule has 1 heterocycles. The van der Waals surface area contributed by atoms with Gasteiger partial charge in [-0.1, -0.05) is 18.2 Å². The van der Waals surface area contributed by atoms with Crippen LogP contribution >= 0.6 is 0 Å². The predicted molar refractivity (Wildman–Crippen MR) is 102 cm³/mol. The summed E-state index contributed by atoms with van der Waals surface area (Å²) >= 11 is 0. The highest BCUT2D eigenvalue weighted by Gasteiger charge is 2.21. The molecule has 2 aliphatic rings. The van der Waals surface area contributed by atoms with Gasteiger partial charge in [-0.2, -0.15) is 0 Å². The second-order valence-corrected chi connectivity index (χ2v) is 6.03. The Morgan fingerprint density at radius 1 is 0.926 bits per heavy atom. The SMILES string of the molecule is COC(=O)c1ccccc1-c1c2ccc(=O)cc-2oc2cc(OC)ccc12. The lowest BCUT2D eigenvalue weighted by Crippen LogP contribution is -2.05. The van der Waals surface area contributed by atoms with E-state index in [2.05, 4.69) is 0 Å². The van der Waals surface area contributed by atoms with Gasteiger partial charge in [-0.3, -0.25) is 4.79 Å². The molecule has 0 fully saturated rings. The van der Waals surface area contributed by atoms with Gasteiger partial charge in [0.05, 0.1) is 19.8 Å². The van der Waals surface area contributed by atoms with Crippen LogP contribution in [-0.4, -0.2) is 20.2 Å². The third-order valence-corrected chi connectivity index (χ3v) is 4.50. The number of fused-ring (bicyclic) bond motifs is 2. The normalized spacial score (nSPS) is 10.9. The second kappa shape index (κ2) is 6.61. The topological polar surface area (TPSA) is 65.7 Å². The number of esters is 1. The average molecular weight is 360 g/mol. The number of ether oxygens (including phenoxy) is 2. The Bertz CT molecular complexity index is 1190. The van der Waals surface area contributed by atoms with E-state index in [4.69, 9.17) is 13.9 Å². The summed E-state index contributed by atoms with van der Waals surface area (Å²) in [5.74, 6) is 0.649. The van der Waals surface area contributed by atoms with Gasteiger partial charge in [0.2, 0.25) is 0 Å². The van der Waals surface area contributed by atoms with E-state index in [0.29, 0.717) is 28.2 Å². The van der Waals surface area contributed by atoms with Gasteiger partial charge in [0.1, 0.15) is 17.1 Å². The number of rotatable bonds is 3. The van der Waals surface area contributed by atoms with Crippen molar-refractivity contribution in [1.82, 2.24) is 0 Å². The molecule has 5 heteroatoms. The molecule has 0 amide bonds. The van der Waals surface area contributed by atoms with Crippen LogP contribution in [0.25, 0.3) is 33.4 Å². The fourth-order valence-electron chi connectivity index (χ4n) is 3.26. The van der Waals surface area contributed by atoms with Crippen molar-refractivity contribution in [3.63, 3.8) is 0 Å². The maximum Gasteiger partial charge on any atom is 0.338 e. The lowest BCUT2D eigenvalue weighted by molar-refractivity contribution is 0.0601. The number of hydrogen-bond acceptors (Lipinski definition) is 5. The van der Waals surface area contributed by atoms with E-state index in [1.54, 1.807) is 31.4 Å². The summed E-state index contributed by atoms with van der Waals surface area (Å²) in [5, 5.41) is 0.804. The molecule has 0 unspecified atom stereocenters. The van der Waals surface area contributed by atoms with Gasteiger partial charge in [0.15, 0.2) is 5.43 Å². The molecule has 27 heavy (non-hydrogen) atoms. The number of hydrogen-bond donors (Lipinski definition) is 0. The summed E-state index contributed by atoms with van der Waals surface area (Å²) in [7, 11) is 2.93. The molecule has 0 saturated carbocycles. The Kier molecular flexibility index (Phi) is 4.12. The molecule has 0 radical (unpaired) electrons. The Labute approximate surface area is 155 Å². The molecule has 0 atom stereocenters. The van der Waals surface area contributed by atoms with E-state index in [9.17, 15) is 9.59 Å². The first kappa shape index (κ1) is 16.8. The van der Waals surface area contributed by atoms with Crippen molar-refractivity contribution in [1.29, 1.82) is 0 Å². The third-order valence-electron chi connectivity index (χ3n) is 4.50. The molecule has 2 aromatic rings. The molecular formula is C22H16O5.